The number of benzene rings is 3. The van der Waals surface area contributed by atoms with Gasteiger partial charge in [0.05, 0.1) is 17.8 Å². The summed E-state index contributed by atoms with van der Waals surface area (Å²) < 4.78 is 5.61. The first-order valence-electron chi connectivity index (χ1n) is 10.1. The van der Waals surface area contributed by atoms with E-state index in [0.717, 1.165) is 29.6 Å². The van der Waals surface area contributed by atoms with Crippen LogP contribution in [0.25, 0.3) is 32.9 Å². The van der Waals surface area contributed by atoms with Crippen LogP contribution in [-0.4, -0.2) is 16.7 Å². The van der Waals surface area contributed by atoms with E-state index in [9.17, 15) is 5.11 Å². The second kappa shape index (κ2) is 6.83. The summed E-state index contributed by atoms with van der Waals surface area (Å²) in [6.07, 6.45) is 4.54. The Kier molecular flexibility index (Phi) is 4.16. The van der Waals surface area contributed by atoms with Crippen molar-refractivity contribution in [1.29, 1.82) is 0 Å². The minimum Gasteiger partial charge on any atom is -0.504 e. The van der Waals surface area contributed by atoms with E-state index >= 15 is 0 Å². The number of fused-ring (bicyclic) bond motifs is 5. The van der Waals surface area contributed by atoms with Gasteiger partial charge in [0.25, 0.3) is 0 Å². The molecular formula is C25H23NO2. The molecule has 0 aliphatic heterocycles. The van der Waals surface area contributed by atoms with E-state index in [0.29, 0.717) is 12.4 Å². The van der Waals surface area contributed by atoms with Gasteiger partial charge in [0.2, 0.25) is 0 Å². The lowest BCUT2D eigenvalue weighted by molar-refractivity contribution is 0.318. The number of aromatic hydroxyl groups is 1. The summed E-state index contributed by atoms with van der Waals surface area (Å²) in [5.41, 5.74) is 5.87. The lowest BCUT2D eigenvalue weighted by Crippen LogP contribution is -2.08. The Hall–Kier alpha value is -3.07. The Morgan fingerprint density at radius 2 is 1.79 bits per heavy atom. The maximum Gasteiger partial charge on any atom is 0.161 e. The summed E-state index contributed by atoms with van der Waals surface area (Å²) in [7, 11) is 0. The summed E-state index contributed by atoms with van der Waals surface area (Å²) in [5, 5.41) is 14.0. The quantitative estimate of drug-likeness (QED) is 0.448. The van der Waals surface area contributed by atoms with Crippen LogP contribution in [-0.2, 0) is 12.8 Å². The normalized spacial score (nSPS) is 13.6. The van der Waals surface area contributed by atoms with Crippen molar-refractivity contribution in [2.24, 2.45) is 0 Å². The summed E-state index contributed by atoms with van der Waals surface area (Å²) in [4.78, 5) is 5.10. The van der Waals surface area contributed by atoms with Crippen molar-refractivity contribution in [3.05, 3.63) is 65.7 Å². The second-order valence-electron chi connectivity index (χ2n) is 7.42. The Morgan fingerprint density at radius 1 is 0.964 bits per heavy atom. The molecular weight excluding hydrogens is 346 g/mol. The van der Waals surface area contributed by atoms with Crippen LogP contribution in [0, 0.1) is 0 Å². The highest BCUT2D eigenvalue weighted by molar-refractivity contribution is 6.09. The zero-order valence-electron chi connectivity index (χ0n) is 16.0. The highest BCUT2D eigenvalue weighted by Crippen LogP contribution is 2.40. The van der Waals surface area contributed by atoms with E-state index in [2.05, 4.69) is 36.4 Å². The van der Waals surface area contributed by atoms with Gasteiger partial charge >= 0.3 is 0 Å². The van der Waals surface area contributed by atoms with Crippen LogP contribution in [0.3, 0.4) is 0 Å². The number of phenols is 1. The lowest BCUT2D eigenvalue weighted by atomic mass is 9.85. The van der Waals surface area contributed by atoms with Gasteiger partial charge in [0, 0.05) is 10.9 Å². The number of rotatable bonds is 3. The summed E-state index contributed by atoms with van der Waals surface area (Å²) in [5.74, 6) is 0.691. The van der Waals surface area contributed by atoms with Gasteiger partial charge in [-0.25, -0.2) is 4.98 Å². The van der Waals surface area contributed by atoms with Crippen molar-refractivity contribution in [2.75, 3.05) is 6.61 Å². The van der Waals surface area contributed by atoms with Crippen LogP contribution in [0.1, 0.15) is 30.9 Å². The van der Waals surface area contributed by atoms with Crippen molar-refractivity contribution in [3.8, 4) is 22.8 Å². The largest absolute Gasteiger partial charge is 0.504 e. The Balaban J connectivity index is 1.81. The van der Waals surface area contributed by atoms with Gasteiger partial charge in [-0.1, -0.05) is 30.3 Å². The summed E-state index contributed by atoms with van der Waals surface area (Å²) in [6.45, 7) is 2.44. The minimum atomic E-state index is 0.172. The van der Waals surface area contributed by atoms with Gasteiger partial charge in [0.1, 0.15) is 0 Å². The number of nitrogens with zero attached hydrogens (tertiary/aromatic N) is 1. The van der Waals surface area contributed by atoms with Crippen LogP contribution < -0.4 is 4.74 Å². The predicted octanol–water partition coefficient (Wildman–Crippen LogP) is 6.04. The van der Waals surface area contributed by atoms with Gasteiger partial charge in [-0.05, 0) is 78.8 Å². The third-order valence-corrected chi connectivity index (χ3v) is 5.73. The highest BCUT2D eigenvalue weighted by atomic mass is 16.5. The molecule has 3 nitrogen and oxygen atoms in total. The number of hydrogen-bond donors (Lipinski definition) is 1. The number of aromatic nitrogens is 1. The van der Waals surface area contributed by atoms with Gasteiger partial charge in [-0.2, -0.15) is 0 Å². The van der Waals surface area contributed by atoms with Crippen LogP contribution in [0.5, 0.6) is 11.5 Å². The van der Waals surface area contributed by atoms with Crippen molar-refractivity contribution in [2.45, 2.75) is 32.6 Å². The van der Waals surface area contributed by atoms with Crippen LogP contribution in [0.2, 0.25) is 0 Å². The van der Waals surface area contributed by atoms with E-state index in [1.165, 1.54) is 40.1 Å². The van der Waals surface area contributed by atoms with Crippen LogP contribution in [0.4, 0.5) is 0 Å². The molecule has 0 fully saturated rings. The molecule has 0 unspecified atom stereocenters. The predicted molar refractivity (Wildman–Crippen MR) is 114 cm³/mol. The molecule has 3 aromatic carbocycles. The molecule has 1 aliphatic rings. The molecule has 0 saturated heterocycles. The molecule has 0 saturated carbocycles. The maximum absolute atomic E-state index is 10.1. The molecule has 1 aromatic heterocycles. The Bertz CT molecular complexity index is 1200. The van der Waals surface area contributed by atoms with Crippen molar-refractivity contribution >= 4 is 21.7 Å². The average Bonchev–Trinajstić information content (AvgIpc) is 2.74. The summed E-state index contributed by atoms with van der Waals surface area (Å²) in [6, 6.07) is 18.5. The fourth-order valence-corrected chi connectivity index (χ4v) is 4.47. The zero-order valence-corrected chi connectivity index (χ0v) is 16.0. The molecule has 0 radical (unpaired) electrons. The molecule has 0 spiro atoms. The van der Waals surface area contributed by atoms with E-state index in [1.807, 2.05) is 19.1 Å². The molecule has 0 amide bonds. The molecule has 5 rings (SSSR count). The topological polar surface area (TPSA) is 42.4 Å². The van der Waals surface area contributed by atoms with Crippen molar-refractivity contribution in [1.82, 2.24) is 4.98 Å². The molecule has 0 bridgehead atoms. The molecule has 140 valence electrons. The number of aryl methyl sites for hydroxylation is 1. The molecule has 1 N–H and O–H groups in total. The molecule has 0 atom stereocenters. The third-order valence-electron chi connectivity index (χ3n) is 5.73. The molecule has 1 heterocycles. The summed E-state index contributed by atoms with van der Waals surface area (Å²) >= 11 is 0. The van der Waals surface area contributed by atoms with Crippen molar-refractivity contribution < 1.29 is 9.84 Å². The fraction of sp³-hybridized carbons (Fsp3) is 0.240. The first kappa shape index (κ1) is 17.1. The molecule has 3 heteroatoms. The molecule has 4 aromatic rings. The highest BCUT2D eigenvalue weighted by Gasteiger charge is 2.21. The Labute approximate surface area is 164 Å². The van der Waals surface area contributed by atoms with Gasteiger partial charge < -0.3 is 9.84 Å². The van der Waals surface area contributed by atoms with E-state index in [1.54, 1.807) is 6.07 Å². The minimum absolute atomic E-state index is 0.172. The number of phenolic OH excluding ortho intramolecular Hbond substituents is 1. The number of ether oxygens (including phenoxy) is 1. The standard InChI is InChI=1S/C25H23NO2/c1-2-28-23-15-17(12-14-22(23)27)25-20-10-6-5-9-19(20)24-18-8-4-3-7-16(18)11-13-21(24)26-25/h3-4,7-8,11-15,27H,2,5-6,9-10H2,1H3. The maximum atomic E-state index is 10.1. The Morgan fingerprint density at radius 3 is 2.64 bits per heavy atom. The van der Waals surface area contributed by atoms with Crippen LogP contribution >= 0.6 is 0 Å². The van der Waals surface area contributed by atoms with E-state index < -0.39 is 0 Å². The van der Waals surface area contributed by atoms with E-state index in [4.69, 9.17) is 9.72 Å². The van der Waals surface area contributed by atoms with E-state index in [-0.39, 0.29) is 5.75 Å². The third kappa shape index (κ3) is 2.70. The van der Waals surface area contributed by atoms with Gasteiger partial charge in [-0.3, -0.25) is 0 Å². The average molecular weight is 369 g/mol. The number of pyridine rings is 1. The fourth-order valence-electron chi connectivity index (χ4n) is 4.47. The lowest BCUT2D eigenvalue weighted by Gasteiger charge is -2.22. The number of hydrogen-bond acceptors (Lipinski definition) is 3. The molecule has 1 aliphatic carbocycles. The molecule has 28 heavy (non-hydrogen) atoms. The van der Waals surface area contributed by atoms with Crippen molar-refractivity contribution in [3.63, 3.8) is 0 Å². The van der Waals surface area contributed by atoms with Crippen LogP contribution in [0.15, 0.2) is 54.6 Å². The van der Waals surface area contributed by atoms with Gasteiger partial charge in [-0.15, -0.1) is 0 Å². The zero-order chi connectivity index (χ0) is 19.1. The van der Waals surface area contributed by atoms with Gasteiger partial charge in [0.15, 0.2) is 11.5 Å². The first-order chi connectivity index (χ1) is 13.8. The smallest absolute Gasteiger partial charge is 0.161 e. The SMILES string of the molecule is CCOc1cc(-c2nc3ccc4ccccc4c3c3c2CCCC3)ccc1O. The first-order valence-corrected chi connectivity index (χ1v) is 10.1. The second-order valence-corrected chi connectivity index (χ2v) is 7.42. The monoisotopic (exact) mass is 369 g/mol.